The summed E-state index contributed by atoms with van der Waals surface area (Å²) in [4.78, 5) is 0. The van der Waals surface area contributed by atoms with Gasteiger partial charge in [0.05, 0.1) is 0 Å². The van der Waals surface area contributed by atoms with Crippen LogP contribution in [0.5, 0.6) is 0 Å². The molecule has 2 aromatic rings. The number of halogens is 2. The molecule has 130 valence electrons. The summed E-state index contributed by atoms with van der Waals surface area (Å²) >= 11 is -0.556. The molecule has 0 spiro atoms. The van der Waals surface area contributed by atoms with Crippen LogP contribution in [-0.4, -0.2) is 13.1 Å². The zero-order valence-electron chi connectivity index (χ0n) is 14.3. The van der Waals surface area contributed by atoms with E-state index >= 15 is 0 Å². The third-order valence-electron chi connectivity index (χ3n) is 3.59. The summed E-state index contributed by atoms with van der Waals surface area (Å²) in [5.41, 5.74) is 4.86. The Hall–Kier alpha value is -0.666. The van der Waals surface area contributed by atoms with Gasteiger partial charge in [0.2, 0.25) is 0 Å². The molecule has 0 bridgehead atoms. The molecule has 0 N–H and O–H groups in total. The summed E-state index contributed by atoms with van der Waals surface area (Å²) in [6.45, 7) is 6.01. The van der Waals surface area contributed by atoms with Crippen LogP contribution in [0.15, 0.2) is 48.5 Å². The number of aryl methyl sites for hydroxylation is 2. The first-order valence-corrected chi connectivity index (χ1v) is 12.5. The fourth-order valence-corrected chi connectivity index (χ4v) is 2.16. The van der Waals surface area contributed by atoms with Crippen LogP contribution in [0.25, 0.3) is 10.6 Å². The molecule has 0 unspecified atom stereocenters. The van der Waals surface area contributed by atoms with Crippen molar-refractivity contribution in [2.45, 2.75) is 33.1 Å². The maximum absolute atomic E-state index is 4.89. The zero-order valence-corrected chi connectivity index (χ0v) is 17.4. The third kappa shape index (κ3) is 8.98. The van der Waals surface area contributed by atoms with Gasteiger partial charge >= 0.3 is 35.6 Å². The van der Waals surface area contributed by atoms with Crippen LogP contribution < -0.4 is 0 Å². The van der Waals surface area contributed by atoms with Crippen molar-refractivity contribution in [1.82, 2.24) is 0 Å². The number of hydrogen-bond acceptors (Lipinski definition) is 0. The van der Waals surface area contributed by atoms with Gasteiger partial charge in [0.1, 0.15) is 0 Å². The van der Waals surface area contributed by atoms with Crippen molar-refractivity contribution in [3.05, 3.63) is 70.3 Å². The van der Waals surface area contributed by atoms with Crippen molar-refractivity contribution < 1.29 is 17.0 Å². The van der Waals surface area contributed by atoms with Crippen LogP contribution in [-0.2, 0) is 29.9 Å². The molecule has 2 nitrogen and oxygen atoms in total. The molecule has 24 heavy (non-hydrogen) atoms. The van der Waals surface area contributed by atoms with Crippen LogP contribution in [0.2, 0.25) is 0 Å². The van der Waals surface area contributed by atoms with Crippen molar-refractivity contribution >= 4 is 30.0 Å². The van der Waals surface area contributed by atoms with E-state index in [1.807, 2.05) is 0 Å². The molecule has 0 atom stereocenters. The average molecular weight is 399 g/mol. The quantitative estimate of drug-likeness (QED) is 0.330. The SMILES string of the molecule is CCc1ccc([N-]CCC[N-]c2ccc(CC)cc2)cc1.[Cl][Ti][Cl]. The molecular formula is C19H24Cl2N2Ti-2. The van der Waals surface area contributed by atoms with Gasteiger partial charge in [0.25, 0.3) is 0 Å². The van der Waals surface area contributed by atoms with E-state index in [0.29, 0.717) is 0 Å². The Bertz CT molecular complexity index is 495. The summed E-state index contributed by atoms with van der Waals surface area (Å²) in [6.07, 6.45) is 3.15. The minimum absolute atomic E-state index is 0.556. The van der Waals surface area contributed by atoms with E-state index in [-0.39, 0.29) is 0 Å². The Morgan fingerprint density at radius 2 is 1.04 bits per heavy atom. The van der Waals surface area contributed by atoms with Crippen LogP contribution in [0.3, 0.4) is 0 Å². The van der Waals surface area contributed by atoms with Crippen LogP contribution >= 0.6 is 18.6 Å². The van der Waals surface area contributed by atoms with E-state index in [0.717, 1.165) is 43.7 Å². The maximum atomic E-state index is 4.89. The van der Waals surface area contributed by atoms with E-state index < -0.39 is 17.0 Å². The van der Waals surface area contributed by atoms with Crippen LogP contribution in [0.1, 0.15) is 31.4 Å². The predicted molar refractivity (Wildman–Crippen MR) is 104 cm³/mol. The molecule has 5 heteroatoms. The summed E-state index contributed by atoms with van der Waals surface area (Å²) in [5, 5.41) is 9.16. The van der Waals surface area contributed by atoms with Crippen LogP contribution in [0.4, 0.5) is 11.4 Å². The molecule has 0 saturated heterocycles. The minimum atomic E-state index is -0.556. The van der Waals surface area contributed by atoms with Gasteiger partial charge in [-0.1, -0.05) is 68.8 Å². The second-order valence-electron chi connectivity index (χ2n) is 5.23. The van der Waals surface area contributed by atoms with Gasteiger partial charge < -0.3 is 10.6 Å². The first-order chi connectivity index (χ1) is 11.7. The van der Waals surface area contributed by atoms with Gasteiger partial charge in [-0.2, -0.15) is 0 Å². The molecule has 0 aliphatic carbocycles. The standard InChI is InChI=1S/C19H24N2.2ClH.Ti/c1-3-16-6-10-18(11-7-16)20-14-5-15-21-19-12-8-17(4-2)9-13-19;;;/h6-13H,3-5,14-15H2,1-2H3;2*1H;/q-2;;;+2/p-2. The van der Waals surface area contributed by atoms with Crippen LogP contribution in [0, 0.1) is 0 Å². The van der Waals surface area contributed by atoms with E-state index in [4.69, 9.17) is 18.6 Å². The molecule has 0 aromatic heterocycles. The van der Waals surface area contributed by atoms with Crippen molar-refractivity contribution in [3.63, 3.8) is 0 Å². The molecule has 2 aromatic carbocycles. The Morgan fingerprint density at radius 1 is 0.708 bits per heavy atom. The topological polar surface area (TPSA) is 28.2 Å². The molecule has 0 saturated carbocycles. The Kier molecular flexibility index (Phi) is 12.1. The molecule has 0 heterocycles. The Labute approximate surface area is 163 Å². The van der Waals surface area contributed by atoms with Gasteiger partial charge in [-0.05, 0) is 24.0 Å². The van der Waals surface area contributed by atoms with E-state index in [2.05, 4.69) is 73.0 Å². The summed E-state index contributed by atoms with van der Waals surface area (Å²) in [5.74, 6) is 0. The van der Waals surface area contributed by atoms with Crippen molar-refractivity contribution in [1.29, 1.82) is 0 Å². The van der Waals surface area contributed by atoms with E-state index in [9.17, 15) is 0 Å². The second-order valence-corrected chi connectivity index (χ2v) is 7.81. The number of hydrogen-bond donors (Lipinski definition) is 0. The van der Waals surface area contributed by atoms with Crippen molar-refractivity contribution in [2.75, 3.05) is 13.1 Å². The summed E-state index contributed by atoms with van der Waals surface area (Å²) < 4.78 is 0. The molecule has 0 aliphatic rings. The first-order valence-electron chi connectivity index (χ1n) is 8.22. The third-order valence-corrected chi connectivity index (χ3v) is 3.59. The second kappa shape index (κ2) is 13.6. The van der Waals surface area contributed by atoms with Gasteiger partial charge in [0.15, 0.2) is 0 Å². The monoisotopic (exact) mass is 398 g/mol. The number of benzene rings is 2. The molecular weight excluding hydrogens is 375 g/mol. The fourth-order valence-electron chi connectivity index (χ4n) is 2.16. The Morgan fingerprint density at radius 3 is 1.33 bits per heavy atom. The van der Waals surface area contributed by atoms with E-state index in [1.54, 1.807) is 0 Å². The van der Waals surface area contributed by atoms with E-state index in [1.165, 1.54) is 11.1 Å². The Balaban J connectivity index is 0.000000891. The normalized spacial score (nSPS) is 9.67. The van der Waals surface area contributed by atoms with Gasteiger partial charge in [-0.3, -0.25) is 0 Å². The summed E-state index contributed by atoms with van der Waals surface area (Å²) in [6, 6.07) is 17.0. The van der Waals surface area contributed by atoms with Gasteiger partial charge in [-0.15, -0.1) is 24.5 Å². The van der Waals surface area contributed by atoms with Crippen molar-refractivity contribution in [3.8, 4) is 0 Å². The predicted octanol–water partition coefficient (Wildman–Crippen LogP) is 7.29. The van der Waals surface area contributed by atoms with Gasteiger partial charge in [-0.25, -0.2) is 0 Å². The van der Waals surface area contributed by atoms with Crippen molar-refractivity contribution in [2.24, 2.45) is 0 Å². The molecule has 0 fully saturated rings. The molecule has 0 amide bonds. The number of nitrogens with zero attached hydrogens (tertiary/aromatic N) is 2. The number of rotatable bonds is 8. The van der Waals surface area contributed by atoms with Gasteiger partial charge in [0, 0.05) is 0 Å². The zero-order chi connectivity index (χ0) is 17.6. The molecule has 0 aliphatic heterocycles. The average Bonchev–Trinajstić information content (AvgIpc) is 2.63. The molecule has 2 rings (SSSR count). The fraction of sp³-hybridized carbons (Fsp3) is 0.368. The summed E-state index contributed by atoms with van der Waals surface area (Å²) in [7, 11) is 9.78. The first kappa shape index (κ1) is 21.4. The molecule has 0 radical (unpaired) electrons.